The highest BCUT2D eigenvalue weighted by Crippen LogP contribution is 2.27. The summed E-state index contributed by atoms with van der Waals surface area (Å²) in [6.45, 7) is 2.43. The molecule has 10 heteroatoms. The molecule has 176 valence electrons. The van der Waals surface area contributed by atoms with Crippen molar-refractivity contribution in [1.82, 2.24) is 9.88 Å². The minimum absolute atomic E-state index is 0.0777. The largest absolute Gasteiger partial charge is 0.354 e. The fourth-order valence-electron chi connectivity index (χ4n) is 4.28. The molecule has 2 aliphatic heterocycles. The minimum atomic E-state index is -3.71. The zero-order valence-electron chi connectivity index (χ0n) is 18.8. The molecule has 0 radical (unpaired) electrons. The van der Waals surface area contributed by atoms with Crippen molar-refractivity contribution in [2.45, 2.75) is 11.3 Å². The highest BCUT2D eigenvalue weighted by molar-refractivity contribution is 7.90. The number of carbonyl (C=O) groups excluding carboxylic acids is 1. The van der Waals surface area contributed by atoms with Crippen molar-refractivity contribution in [1.29, 1.82) is 5.26 Å². The van der Waals surface area contributed by atoms with E-state index in [-0.39, 0.29) is 16.6 Å². The number of hydrogen-bond acceptors (Lipinski definition) is 7. The lowest BCUT2D eigenvalue weighted by molar-refractivity contribution is 0.0767. The molecule has 0 saturated carbocycles. The molecule has 1 amide bonds. The van der Waals surface area contributed by atoms with Crippen LogP contribution in [0, 0.1) is 11.3 Å². The lowest BCUT2D eigenvalue weighted by atomic mass is 10.1. The molecule has 1 fully saturated rings. The summed E-state index contributed by atoms with van der Waals surface area (Å²) in [5.41, 5.74) is 2.22. The molecule has 2 aliphatic rings. The van der Waals surface area contributed by atoms with Crippen molar-refractivity contribution in [2.24, 2.45) is 4.40 Å². The molecule has 1 saturated heterocycles. The Labute approximate surface area is 203 Å². The monoisotopic (exact) mass is 486 g/mol. The van der Waals surface area contributed by atoms with Crippen LogP contribution in [0.15, 0.2) is 76.2 Å². The lowest BCUT2D eigenvalue weighted by Crippen LogP contribution is -2.35. The van der Waals surface area contributed by atoms with E-state index in [1.165, 1.54) is 6.07 Å². The summed E-state index contributed by atoms with van der Waals surface area (Å²) in [5, 5.41) is 12.4. The number of sulfonamides is 1. The second-order valence-corrected chi connectivity index (χ2v) is 9.81. The summed E-state index contributed by atoms with van der Waals surface area (Å²) in [7, 11) is -3.71. The maximum Gasteiger partial charge on any atom is 0.285 e. The topological polar surface area (TPSA) is 119 Å². The van der Waals surface area contributed by atoms with Crippen LogP contribution >= 0.6 is 0 Å². The summed E-state index contributed by atoms with van der Waals surface area (Å²) in [6, 6.07) is 19.2. The Kier molecular flexibility index (Phi) is 5.93. The van der Waals surface area contributed by atoms with Gasteiger partial charge in [-0.1, -0.05) is 12.1 Å². The number of fused-ring (bicyclic) bond motifs is 1. The number of rotatable bonds is 3. The predicted octanol–water partition coefficient (Wildman–Crippen LogP) is 2.87. The van der Waals surface area contributed by atoms with Crippen molar-refractivity contribution in [3.05, 3.63) is 83.6 Å². The third-order valence-corrected chi connectivity index (χ3v) is 7.35. The number of nitrogens with one attached hydrogen (secondary N) is 1. The summed E-state index contributed by atoms with van der Waals surface area (Å²) in [5.74, 6) is 0.836. The molecule has 35 heavy (non-hydrogen) atoms. The van der Waals surface area contributed by atoms with Crippen LogP contribution in [0.2, 0.25) is 0 Å². The van der Waals surface area contributed by atoms with Crippen LogP contribution in [0.1, 0.15) is 27.9 Å². The zero-order chi connectivity index (χ0) is 24.4. The van der Waals surface area contributed by atoms with Gasteiger partial charge in [-0.25, -0.2) is 4.98 Å². The average Bonchev–Trinajstić information content (AvgIpc) is 3.02. The molecule has 3 aromatic rings. The first-order chi connectivity index (χ1) is 17.0. The Morgan fingerprint density at radius 1 is 0.971 bits per heavy atom. The molecule has 1 aromatic heterocycles. The fraction of sp³-hybridized carbons (Fsp3) is 0.200. The van der Waals surface area contributed by atoms with Gasteiger partial charge < -0.3 is 15.1 Å². The second kappa shape index (κ2) is 9.19. The van der Waals surface area contributed by atoms with Crippen molar-refractivity contribution in [3.8, 4) is 6.07 Å². The number of carbonyl (C=O) groups is 1. The van der Waals surface area contributed by atoms with Crippen LogP contribution < -0.4 is 10.2 Å². The first-order valence-electron chi connectivity index (χ1n) is 11.2. The van der Waals surface area contributed by atoms with Gasteiger partial charge in [0, 0.05) is 49.2 Å². The van der Waals surface area contributed by atoms with Gasteiger partial charge in [0.15, 0.2) is 5.84 Å². The van der Waals surface area contributed by atoms with E-state index in [1.54, 1.807) is 65.7 Å². The van der Waals surface area contributed by atoms with Crippen LogP contribution in [0.25, 0.3) is 0 Å². The Hall–Kier alpha value is -4.23. The smallest absolute Gasteiger partial charge is 0.285 e. The Bertz CT molecular complexity index is 1460. The van der Waals surface area contributed by atoms with E-state index in [0.717, 1.165) is 6.42 Å². The summed E-state index contributed by atoms with van der Waals surface area (Å²) < 4.78 is 28.3. The highest BCUT2D eigenvalue weighted by atomic mass is 32.2. The average molecular weight is 487 g/mol. The number of amides is 1. The first kappa shape index (κ1) is 22.6. The lowest BCUT2D eigenvalue weighted by Gasteiger charge is -2.23. The van der Waals surface area contributed by atoms with Crippen molar-refractivity contribution >= 4 is 33.3 Å². The maximum absolute atomic E-state index is 13.1. The number of aromatic nitrogens is 1. The maximum atomic E-state index is 13.1. The number of anilines is 2. The standard InChI is InChI=1S/C25H22N6O3S/c26-17-19-5-3-12-27-24(19)30-13-4-14-31(16-15-30)25(32)18-8-10-20(11-9-18)28-23-21-6-1-2-7-22(21)35(33,34)29-23/h1-3,5-12H,4,13-16H2,(H,28,29). The number of hydrogen-bond donors (Lipinski definition) is 1. The quantitative estimate of drug-likeness (QED) is 0.605. The van der Waals surface area contributed by atoms with E-state index in [9.17, 15) is 18.5 Å². The molecule has 0 spiro atoms. The van der Waals surface area contributed by atoms with Gasteiger partial charge in [0.25, 0.3) is 15.9 Å². The van der Waals surface area contributed by atoms with Crippen molar-refractivity contribution < 1.29 is 13.2 Å². The molecule has 0 unspecified atom stereocenters. The van der Waals surface area contributed by atoms with E-state index in [0.29, 0.717) is 54.4 Å². The van der Waals surface area contributed by atoms with Crippen LogP contribution in [0.5, 0.6) is 0 Å². The molecule has 0 atom stereocenters. The first-order valence-corrected chi connectivity index (χ1v) is 12.6. The molecule has 9 nitrogen and oxygen atoms in total. The van der Waals surface area contributed by atoms with Crippen LogP contribution in [-0.4, -0.2) is 56.2 Å². The summed E-state index contributed by atoms with van der Waals surface area (Å²) in [4.78, 5) is 21.5. The Balaban J connectivity index is 1.26. The van der Waals surface area contributed by atoms with Gasteiger partial charge >= 0.3 is 0 Å². The van der Waals surface area contributed by atoms with E-state index in [4.69, 9.17) is 0 Å². The third kappa shape index (κ3) is 4.46. The molecule has 5 rings (SSSR count). The highest BCUT2D eigenvalue weighted by Gasteiger charge is 2.28. The normalized spacial score (nSPS) is 16.6. The van der Waals surface area contributed by atoms with Gasteiger partial charge in [0.1, 0.15) is 16.8 Å². The Morgan fingerprint density at radius 3 is 2.57 bits per heavy atom. The van der Waals surface area contributed by atoms with E-state index >= 15 is 0 Å². The number of nitriles is 1. The molecule has 2 aromatic carbocycles. The molecule has 3 heterocycles. The van der Waals surface area contributed by atoms with E-state index < -0.39 is 10.0 Å². The van der Waals surface area contributed by atoms with E-state index in [1.807, 2.05) is 4.90 Å². The predicted molar refractivity (Wildman–Crippen MR) is 132 cm³/mol. The number of benzene rings is 2. The molecule has 1 N–H and O–H groups in total. The van der Waals surface area contributed by atoms with Gasteiger partial charge in [0.05, 0.1) is 5.56 Å². The fourth-order valence-corrected chi connectivity index (χ4v) is 5.46. The van der Waals surface area contributed by atoms with Crippen LogP contribution in [0.3, 0.4) is 0 Å². The van der Waals surface area contributed by atoms with Gasteiger partial charge in [-0.2, -0.15) is 13.7 Å². The molecular formula is C25H22N6O3S. The van der Waals surface area contributed by atoms with Crippen LogP contribution in [-0.2, 0) is 10.0 Å². The van der Waals surface area contributed by atoms with Gasteiger partial charge in [0.2, 0.25) is 0 Å². The molecular weight excluding hydrogens is 464 g/mol. The van der Waals surface area contributed by atoms with Gasteiger partial charge in [-0.15, -0.1) is 4.40 Å². The van der Waals surface area contributed by atoms with Crippen LogP contribution in [0.4, 0.5) is 11.5 Å². The number of pyridine rings is 1. The molecule has 0 aliphatic carbocycles. The zero-order valence-corrected chi connectivity index (χ0v) is 19.6. The Morgan fingerprint density at radius 2 is 1.77 bits per heavy atom. The minimum Gasteiger partial charge on any atom is -0.354 e. The van der Waals surface area contributed by atoms with E-state index in [2.05, 4.69) is 20.8 Å². The van der Waals surface area contributed by atoms with Crippen molar-refractivity contribution in [3.63, 3.8) is 0 Å². The summed E-state index contributed by atoms with van der Waals surface area (Å²) >= 11 is 0. The summed E-state index contributed by atoms with van der Waals surface area (Å²) in [6.07, 6.45) is 2.44. The SMILES string of the molecule is N#Cc1cccnc1N1CCCN(C(=O)c2ccc(NC3=NS(=O)(=O)c4ccccc43)cc2)CC1. The third-order valence-electron chi connectivity index (χ3n) is 6.02. The van der Waals surface area contributed by atoms with Crippen molar-refractivity contribution in [2.75, 3.05) is 36.4 Å². The van der Waals surface area contributed by atoms with Gasteiger partial charge in [-0.05, 0) is 55.0 Å². The number of amidine groups is 1. The number of nitrogens with zero attached hydrogens (tertiary/aromatic N) is 5. The second-order valence-electron chi connectivity index (χ2n) is 8.23. The molecule has 0 bridgehead atoms. The van der Waals surface area contributed by atoms with Gasteiger partial charge in [-0.3, -0.25) is 4.79 Å².